The van der Waals surface area contributed by atoms with Crippen LogP contribution in [0.15, 0.2) is 30.3 Å². The summed E-state index contributed by atoms with van der Waals surface area (Å²) in [4.78, 5) is 11.9. The summed E-state index contributed by atoms with van der Waals surface area (Å²) >= 11 is 0. The molecule has 0 heterocycles. The van der Waals surface area contributed by atoms with Gasteiger partial charge >= 0.3 is 5.97 Å². The fraction of sp³-hybridized carbons (Fsp3) is 0.533. The molecule has 2 nitrogen and oxygen atoms in total. The fourth-order valence-corrected chi connectivity index (χ4v) is 2.59. The van der Waals surface area contributed by atoms with Gasteiger partial charge in [0.25, 0.3) is 0 Å². The highest BCUT2D eigenvalue weighted by atomic mass is 16.5. The highest BCUT2D eigenvalue weighted by molar-refractivity contribution is 5.89. The topological polar surface area (TPSA) is 26.3 Å². The number of benzene rings is 1. The van der Waals surface area contributed by atoms with Crippen molar-refractivity contribution in [2.24, 2.45) is 11.8 Å². The van der Waals surface area contributed by atoms with Crippen LogP contribution in [0.25, 0.3) is 0 Å². The van der Waals surface area contributed by atoms with E-state index in [4.69, 9.17) is 4.74 Å². The largest absolute Gasteiger partial charge is 0.459 e. The van der Waals surface area contributed by atoms with Crippen molar-refractivity contribution in [1.29, 1.82) is 0 Å². The Morgan fingerprint density at radius 2 is 1.88 bits per heavy atom. The van der Waals surface area contributed by atoms with Crippen LogP contribution in [-0.4, -0.2) is 12.1 Å². The molecule has 17 heavy (non-hydrogen) atoms. The number of carbonyl (C=O) groups excluding carboxylic acids is 1. The van der Waals surface area contributed by atoms with Gasteiger partial charge in [-0.1, -0.05) is 32.0 Å². The molecule has 0 aliphatic heterocycles. The highest BCUT2D eigenvalue weighted by Crippen LogP contribution is 2.31. The molecule has 0 radical (unpaired) electrons. The molecule has 0 N–H and O–H groups in total. The Kier molecular flexibility index (Phi) is 3.82. The van der Waals surface area contributed by atoms with Gasteiger partial charge in [0, 0.05) is 0 Å². The van der Waals surface area contributed by atoms with Crippen LogP contribution < -0.4 is 0 Å². The summed E-state index contributed by atoms with van der Waals surface area (Å²) in [7, 11) is 0. The summed E-state index contributed by atoms with van der Waals surface area (Å²) in [5.41, 5.74) is 0.651. The Bertz CT molecular complexity index is 372. The molecular formula is C15H20O2. The summed E-state index contributed by atoms with van der Waals surface area (Å²) in [6.07, 6.45) is 3.42. The summed E-state index contributed by atoms with van der Waals surface area (Å²) in [5, 5.41) is 0. The van der Waals surface area contributed by atoms with Gasteiger partial charge in [-0.3, -0.25) is 0 Å². The number of hydrogen-bond donors (Lipinski definition) is 0. The van der Waals surface area contributed by atoms with Crippen LogP contribution in [0.5, 0.6) is 0 Å². The zero-order valence-corrected chi connectivity index (χ0v) is 10.6. The third-order valence-corrected chi connectivity index (χ3v) is 3.62. The van der Waals surface area contributed by atoms with Crippen molar-refractivity contribution in [2.45, 2.75) is 39.2 Å². The van der Waals surface area contributed by atoms with E-state index in [9.17, 15) is 4.79 Å². The maximum Gasteiger partial charge on any atom is 0.338 e. The molecule has 0 aromatic heterocycles. The molecule has 0 saturated heterocycles. The van der Waals surface area contributed by atoms with Crippen LogP contribution in [0, 0.1) is 11.8 Å². The monoisotopic (exact) mass is 232 g/mol. The van der Waals surface area contributed by atoms with Crippen LogP contribution in [-0.2, 0) is 4.74 Å². The predicted octanol–water partition coefficient (Wildman–Crippen LogP) is 3.67. The average molecular weight is 232 g/mol. The molecule has 2 rings (SSSR count). The van der Waals surface area contributed by atoms with Gasteiger partial charge in [0.05, 0.1) is 5.56 Å². The van der Waals surface area contributed by atoms with E-state index in [0.717, 1.165) is 25.2 Å². The van der Waals surface area contributed by atoms with Crippen molar-refractivity contribution in [1.82, 2.24) is 0 Å². The van der Waals surface area contributed by atoms with Gasteiger partial charge in [-0.05, 0) is 43.2 Å². The van der Waals surface area contributed by atoms with Gasteiger partial charge < -0.3 is 4.74 Å². The van der Waals surface area contributed by atoms with Crippen LogP contribution >= 0.6 is 0 Å². The first-order valence-corrected chi connectivity index (χ1v) is 6.43. The second-order valence-corrected chi connectivity index (χ2v) is 5.21. The molecule has 3 unspecified atom stereocenters. The molecule has 1 aromatic rings. The van der Waals surface area contributed by atoms with E-state index >= 15 is 0 Å². The first kappa shape index (κ1) is 12.2. The van der Waals surface area contributed by atoms with E-state index in [2.05, 4.69) is 13.8 Å². The minimum atomic E-state index is -0.183. The zero-order valence-electron chi connectivity index (χ0n) is 10.6. The Morgan fingerprint density at radius 3 is 2.53 bits per heavy atom. The van der Waals surface area contributed by atoms with Crippen LogP contribution in [0.3, 0.4) is 0 Å². The lowest BCUT2D eigenvalue weighted by Gasteiger charge is -2.32. The third kappa shape index (κ3) is 3.09. The van der Waals surface area contributed by atoms with Crippen molar-refractivity contribution in [3.8, 4) is 0 Å². The van der Waals surface area contributed by atoms with E-state index in [1.54, 1.807) is 12.1 Å². The molecule has 0 bridgehead atoms. The van der Waals surface area contributed by atoms with Gasteiger partial charge in [-0.2, -0.15) is 0 Å². The standard InChI is InChI=1S/C15H20O2/c1-11-8-9-14(12(2)10-11)17-15(16)13-6-4-3-5-7-13/h3-7,11-12,14H,8-10H2,1-2H3. The molecule has 1 aromatic carbocycles. The van der Waals surface area contributed by atoms with Crippen molar-refractivity contribution in [3.05, 3.63) is 35.9 Å². The number of esters is 1. The molecular weight excluding hydrogens is 212 g/mol. The van der Waals surface area contributed by atoms with Crippen molar-refractivity contribution in [3.63, 3.8) is 0 Å². The van der Waals surface area contributed by atoms with Crippen molar-refractivity contribution in [2.75, 3.05) is 0 Å². The SMILES string of the molecule is CC1CCC(OC(=O)c2ccccc2)C(C)C1. The Balaban J connectivity index is 1.95. The van der Waals surface area contributed by atoms with E-state index < -0.39 is 0 Å². The highest BCUT2D eigenvalue weighted by Gasteiger charge is 2.28. The minimum absolute atomic E-state index is 0.0962. The quantitative estimate of drug-likeness (QED) is 0.727. The normalized spacial score (nSPS) is 28.7. The summed E-state index contributed by atoms with van der Waals surface area (Å²) in [5.74, 6) is 1.06. The van der Waals surface area contributed by atoms with Crippen LogP contribution in [0.4, 0.5) is 0 Å². The molecule has 1 aliphatic rings. The van der Waals surface area contributed by atoms with Crippen molar-refractivity contribution >= 4 is 5.97 Å². The van der Waals surface area contributed by atoms with Gasteiger partial charge in [0.1, 0.15) is 6.10 Å². The molecule has 1 aliphatic carbocycles. The van der Waals surface area contributed by atoms with Gasteiger partial charge in [0.2, 0.25) is 0 Å². The number of rotatable bonds is 2. The number of carbonyl (C=O) groups is 1. The molecule has 0 spiro atoms. The Morgan fingerprint density at radius 1 is 1.18 bits per heavy atom. The molecule has 0 amide bonds. The van der Waals surface area contributed by atoms with E-state index in [-0.39, 0.29) is 12.1 Å². The number of ether oxygens (including phenoxy) is 1. The van der Waals surface area contributed by atoms with Crippen LogP contribution in [0.2, 0.25) is 0 Å². The van der Waals surface area contributed by atoms with E-state index in [0.29, 0.717) is 11.5 Å². The fourth-order valence-electron chi connectivity index (χ4n) is 2.59. The van der Waals surface area contributed by atoms with Gasteiger partial charge in [-0.15, -0.1) is 0 Å². The van der Waals surface area contributed by atoms with E-state index in [1.807, 2.05) is 18.2 Å². The summed E-state index contributed by atoms with van der Waals surface area (Å²) in [6, 6.07) is 9.24. The number of hydrogen-bond acceptors (Lipinski definition) is 2. The second kappa shape index (κ2) is 5.35. The maximum absolute atomic E-state index is 11.9. The summed E-state index contributed by atoms with van der Waals surface area (Å²) in [6.45, 7) is 4.45. The minimum Gasteiger partial charge on any atom is -0.459 e. The van der Waals surface area contributed by atoms with Crippen LogP contribution in [0.1, 0.15) is 43.5 Å². The smallest absolute Gasteiger partial charge is 0.338 e. The van der Waals surface area contributed by atoms with Crippen molar-refractivity contribution < 1.29 is 9.53 Å². The average Bonchev–Trinajstić information content (AvgIpc) is 2.34. The Hall–Kier alpha value is -1.31. The summed E-state index contributed by atoms with van der Waals surface area (Å²) < 4.78 is 5.60. The van der Waals surface area contributed by atoms with Gasteiger partial charge in [0.15, 0.2) is 0 Å². The predicted molar refractivity (Wildman–Crippen MR) is 67.8 cm³/mol. The first-order chi connectivity index (χ1) is 8.16. The Labute approximate surface area is 103 Å². The molecule has 1 fully saturated rings. The lowest BCUT2D eigenvalue weighted by molar-refractivity contribution is -0.00139. The molecule has 2 heteroatoms. The molecule has 3 atom stereocenters. The van der Waals surface area contributed by atoms with E-state index in [1.165, 1.54) is 0 Å². The zero-order chi connectivity index (χ0) is 12.3. The molecule has 1 saturated carbocycles. The lowest BCUT2D eigenvalue weighted by atomic mass is 9.81. The second-order valence-electron chi connectivity index (χ2n) is 5.21. The lowest BCUT2D eigenvalue weighted by Crippen LogP contribution is -2.31. The van der Waals surface area contributed by atoms with Gasteiger partial charge in [-0.25, -0.2) is 4.79 Å². The third-order valence-electron chi connectivity index (χ3n) is 3.62. The maximum atomic E-state index is 11.9. The first-order valence-electron chi connectivity index (χ1n) is 6.43. The molecule has 92 valence electrons.